The van der Waals surface area contributed by atoms with Crippen LogP contribution in [0.4, 0.5) is 4.79 Å². The van der Waals surface area contributed by atoms with Crippen molar-refractivity contribution in [2.45, 2.75) is 76.5 Å². The van der Waals surface area contributed by atoms with Gasteiger partial charge in [-0.15, -0.1) is 0 Å². The summed E-state index contributed by atoms with van der Waals surface area (Å²) in [5, 5.41) is 11.8. The molecule has 9 nitrogen and oxygen atoms in total. The van der Waals surface area contributed by atoms with Gasteiger partial charge < -0.3 is 14.8 Å². The largest absolute Gasteiger partial charge is 0.470 e. The van der Waals surface area contributed by atoms with Crippen molar-refractivity contribution in [1.29, 1.82) is 0 Å². The number of rotatable bonds is 5. The Morgan fingerprint density at radius 1 is 1.19 bits per heavy atom. The maximum Gasteiger partial charge on any atom is 0.407 e. The third-order valence-corrected chi connectivity index (χ3v) is 5.93. The molecule has 0 saturated heterocycles. The van der Waals surface area contributed by atoms with Crippen molar-refractivity contribution in [2.24, 2.45) is 7.05 Å². The Labute approximate surface area is 187 Å². The molecule has 0 bridgehead atoms. The zero-order chi connectivity index (χ0) is 22.7. The van der Waals surface area contributed by atoms with E-state index in [9.17, 15) is 4.79 Å². The maximum absolute atomic E-state index is 12.1. The monoisotopic (exact) mass is 438 g/mol. The van der Waals surface area contributed by atoms with E-state index in [1.54, 1.807) is 10.9 Å². The number of carbonyl (C=O) groups is 1. The van der Waals surface area contributed by atoms with E-state index < -0.39 is 17.3 Å². The molecule has 0 radical (unpaired) electrons. The summed E-state index contributed by atoms with van der Waals surface area (Å²) in [5.41, 5.74) is 2.85. The Morgan fingerprint density at radius 3 is 2.56 bits per heavy atom. The van der Waals surface area contributed by atoms with E-state index in [2.05, 4.69) is 22.4 Å². The van der Waals surface area contributed by atoms with E-state index >= 15 is 0 Å². The van der Waals surface area contributed by atoms with E-state index in [1.165, 1.54) is 18.4 Å². The normalized spacial score (nSPS) is 23.1. The summed E-state index contributed by atoms with van der Waals surface area (Å²) >= 11 is 0. The number of nitrogens with one attached hydrogen (secondary N) is 1. The highest BCUT2D eigenvalue weighted by molar-refractivity contribution is 5.69. The average Bonchev–Trinajstić information content (AvgIpc) is 3.25. The molecule has 1 amide bonds. The summed E-state index contributed by atoms with van der Waals surface area (Å²) in [6, 6.07) is 0.0141. The van der Waals surface area contributed by atoms with Gasteiger partial charge in [-0.25, -0.2) is 14.3 Å². The van der Waals surface area contributed by atoms with Crippen molar-refractivity contribution < 1.29 is 14.3 Å². The smallest absolute Gasteiger partial charge is 0.407 e. The van der Waals surface area contributed by atoms with Crippen molar-refractivity contribution in [3.63, 3.8) is 0 Å². The third-order valence-electron chi connectivity index (χ3n) is 5.93. The minimum Gasteiger partial charge on any atom is -0.470 e. The van der Waals surface area contributed by atoms with Gasteiger partial charge in [0.2, 0.25) is 5.88 Å². The molecule has 3 heterocycles. The van der Waals surface area contributed by atoms with Crippen LogP contribution in [-0.2, 0) is 11.8 Å². The van der Waals surface area contributed by atoms with E-state index in [-0.39, 0.29) is 6.04 Å². The molecule has 0 aromatic carbocycles. The first-order chi connectivity index (χ1) is 15.1. The quantitative estimate of drug-likeness (QED) is 0.650. The Morgan fingerprint density at radius 2 is 1.94 bits per heavy atom. The van der Waals surface area contributed by atoms with E-state index in [1.807, 2.05) is 50.9 Å². The Hall–Kier alpha value is -3.10. The van der Waals surface area contributed by atoms with Gasteiger partial charge in [-0.05, 0) is 46.5 Å². The van der Waals surface area contributed by atoms with E-state index in [4.69, 9.17) is 14.5 Å². The average molecular weight is 439 g/mol. The topological polar surface area (TPSA) is 95.6 Å². The Kier molecular flexibility index (Phi) is 4.69. The highest BCUT2D eigenvalue weighted by atomic mass is 16.6. The van der Waals surface area contributed by atoms with Gasteiger partial charge in [0.25, 0.3) is 0 Å². The van der Waals surface area contributed by atoms with Crippen molar-refractivity contribution in [3.8, 4) is 17.1 Å². The zero-order valence-corrected chi connectivity index (χ0v) is 19.3. The molecule has 3 aromatic heterocycles. The lowest BCUT2D eigenvalue weighted by molar-refractivity contribution is -0.0217. The third kappa shape index (κ3) is 4.16. The number of alkyl carbamates (subject to hydrolysis) is 1. The molecule has 2 saturated carbocycles. The van der Waals surface area contributed by atoms with Crippen LogP contribution >= 0.6 is 0 Å². The summed E-state index contributed by atoms with van der Waals surface area (Å²) in [7, 11) is 1.88. The number of amides is 1. The minimum absolute atomic E-state index is 0.0141. The van der Waals surface area contributed by atoms with Gasteiger partial charge in [-0.2, -0.15) is 10.2 Å². The second kappa shape index (κ2) is 7.21. The first-order valence-electron chi connectivity index (χ1n) is 11.1. The molecule has 3 aromatic rings. The van der Waals surface area contributed by atoms with E-state index in [0.717, 1.165) is 16.8 Å². The summed E-state index contributed by atoms with van der Waals surface area (Å²) < 4.78 is 15.5. The van der Waals surface area contributed by atoms with Gasteiger partial charge in [-0.1, -0.05) is 0 Å². The standard InChI is InChI=1S/C23H30N6O3/c1-22(2,3)32-21(30)26-16-8-23(4,9-16)31-20-19-17(14-6-7-14)11-25-29(19)13-18(27-20)15-10-24-28(5)12-15/h10-14,16H,6-9H2,1-5H3,(H,26,30)/t16-,23+. The van der Waals surface area contributed by atoms with E-state index in [0.29, 0.717) is 24.6 Å². The molecule has 32 heavy (non-hydrogen) atoms. The molecule has 2 aliphatic carbocycles. The van der Waals surface area contributed by atoms with Crippen molar-refractivity contribution in [3.05, 3.63) is 30.4 Å². The van der Waals surface area contributed by atoms with Crippen molar-refractivity contribution in [1.82, 2.24) is 29.7 Å². The predicted molar refractivity (Wildman–Crippen MR) is 119 cm³/mol. The summed E-state index contributed by atoms with van der Waals surface area (Å²) in [6.07, 6.45) is 10.9. The van der Waals surface area contributed by atoms with Gasteiger partial charge >= 0.3 is 6.09 Å². The number of ether oxygens (including phenoxy) is 2. The fourth-order valence-electron chi connectivity index (χ4n) is 4.33. The summed E-state index contributed by atoms with van der Waals surface area (Å²) in [6.45, 7) is 7.63. The highest BCUT2D eigenvalue weighted by Crippen LogP contribution is 2.45. The lowest BCUT2D eigenvalue weighted by atomic mass is 9.77. The lowest BCUT2D eigenvalue weighted by Gasteiger charge is -2.44. The fourth-order valence-corrected chi connectivity index (χ4v) is 4.33. The molecule has 2 aliphatic rings. The second-order valence-electron chi connectivity index (χ2n) is 10.3. The van der Waals surface area contributed by atoms with Gasteiger partial charge in [-0.3, -0.25) is 4.68 Å². The first kappa shape index (κ1) is 20.8. The van der Waals surface area contributed by atoms with Crippen molar-refractivity contribution >= 4 is 11.6 Å². The van der Waals surface area contributed by atoms with Crippen LogP contribution in [0.3, 0.4) is 0 Å². The predicted octanol–water partition coefficient (Wildman–Crippen LogP) is 3.83. The molecular formula is C23H30N6O3. The van der Waals surface area contributed by atoms with Gasteiger partial charge in [0, 0.05) is 43.3 Å². The first-order valence-corrected chi connectivity index (χ1v) is 11.1. The number of aromatic nitrogens is 5. The van der Waals surface area contributed by atoms with Crippen LogP contribution in [0.15, 0.2) is 24.8 Å². The molecule has 9 heteroatoms. The van der Waals surface area contributed by atoms with Crippen LogP contribution in [0.25, 0.3) is 16.8 Å². The fraction of sp³-hybridized carbons (Fsp3) is 0.565. The molecule has 0 atom stereocenters. The number of hydrogen-bond donors (Lipinski definition) is 1. The zero-order valence-electron chi connectivity index (χ0n) is 19.3. The van der Waals surface area contributed by atoms with Crippen LogP contribution in [0.1, 0.15) is 64.9 Å². The van der Waals surface area contributed by atoms with Crippen LogP contribution in [0.2, 0.25) is 0 Å². The SMILES string of the molecule is Cn1cc(-c2cn3ncc(C4CC4)c3c(O[C@]3(C)C[C@H](NC(=O)OC(C)(C)C)C3)n2)cn1. The van der Waals surface area contributed by atoms with Gasteiger partial charge in [0.1, 0.15) is 16.7 Å². The Balaban J connectivity index is 1.38. The molecule has 0 unspecified atom stereocenters. The number of fused-ring (bicyclic) bond motifs is 1. The molecule has 0 spiro atoms. The van der Waals surface area contributed by atoms with Crippen LogP contribution in [0, 0.1) is 0 Å². The highest BCUT2D eigenvalue weighted by Gasteiger charge is 2.45. The minimum atomic E-state index is -0.517. The summed E-state index contributed by atoms with van der Waals surface area (Å²) in [5.74, 6) is 1.11. The Bertz CT molecular complexity index is 1160. The molecule has 1 N–H and O–H groups in total. The number of nitrogens with zero attached hydrogens (tertiary/aromatic N) is 5. The molecule has 5 rings (SSSR count). The molecule has 2 fully saturated rings. The van der Waals surface area contributed by atoms with Crippen LogP contribution in [-0.4, -0.2) is 47.7 Å². The lowest BCUT2D eigenvalue weighted by Crippen LogP contribution is -2.57. The number of hydrogen-bond acceptors (Lipinski definition) is 6. The number of aryl methyl sites for hydroxylation is 1. The summed E-state index contributed by atoms with van der Waals surface area (Å²) in [4.78, 5) is 17.0. The molecule has 170 valence electrons. The molecular weight excluding hydrogens is 408 g/mol. The van der Waals surface area contributed by atoms with Crippen LogP contribution < -0.4 is 10.1 Å². The van der Waals surface area contributed by atoms with Crippen molar-refractivity contribution in [2.75, 3.05) is 0 Å². The second-order valence-corrected chi connectivity index (χ2v) is 10.3. The van der Waals surface area contributed by atoms with Gasteiger partial charge in [0.15, 0.2) is 0 Å². The van der Waals surface area contributed by atoms with Crippen LogP contribution in [0.5, 0.6) is 5.88 Å². The van der Waals surface area contributed by atoms with Gasteiger partial charge in [0.05, 0.1) is 24.3 Å². The molecule has 0 aliphatic heterocycles. The maximum atomic E-state index is 12.1. The number of carbonyl (C=O) groups excluding carboxylic acids is 1.